The molecule has 0 amide bonds. The number of nitrogens with zero attached hydrogens (tertiary/aromatic N) is 3. The summed E-state index contributed by atoms with van der Waals surface area (Å²) in [4.78, 5) is 14.0. The topological polar surface area (TPSA) is 59.9 Å². The highest BCUT2D eigenvalue weighted by atomic mass is 79.9. The van der Waals surface area contributed by atoms with Gasteiger partial charge in [-0.1, -0.05) is 6.92 Å². The average Bonchev–Trinajstić information content (AvgIpc) is 2.86. The molecule has 5 nitrogen and oxygen atoms in total. The van der Waals surface area contributed by atoms with Gasteiger partial charge in [-0.2, -0.15) is 4.98 Å². The maximum absolute atomic E-state index is 5.11. The number of aromatic nitrogens is 3. The van der Waals surface area contributed by atoms with E-state index < -0.39 is 0 Å². The van der Waals surface area contributed by atoms with E-state index in [0.717, 1.165) is 15.9 Å². The predicted molar refractivity (Wildman–Crippen MR) is 75.1 cm³/mol. The average molecular weight is 329 g/mol. The lowest BCUT2D eigenvalue weighted by atomic mass is 10.4. The maximum atomic E-state index is 5.11. The highest BCUT2D eigenvalue weighted by Gasteiger charge is 2.06. The van der Waals surface area contributed by atoms with E-state index in [0.29, 0.717) is 18.4 Å². The van der Waals surface area contributed by atoms with E-state index >= 15 is 0 Å². The molecule has 2 heterocycles. The van der Waals surface area contributed by atoms with Gasteiger partial charge in [-0.15, -0.1) is 11.3 Å². The Morgan fingerprint density at radius 2 is 2.22 bits per heavy atom. The largest absolute Gasteiger partial charge is 0.480 e. The molecule has 0 saturated carbocycles. The van der Waals surface area contributed by atoms with Gasteiger partial charge in [0, 0.05) is 11.1 Å². The minimum Gasteiger partial charge on any atom is -0.480 e. The monoisotopic (exact) mass is 328 g/mol. The molecular weight excluding hydrogens is 316 g/mol. The first-order chi connectivity index (χ1) is 8.72. The highest BCUT2D eigenvalue weighted by molar-refractivity contribution is 9.10. The van der Waals surface area contributed by atoms with Crippen LogP contribution in [0.4, 0.5) is 5.95 Å². The number of halogens is 1. The summed E-state index contributed by atoms with van der Waals surface area (Å²) in [5.41, 5.74) is 0. The Morgan fingerprint density at radius 1 is 1.39 bits per heavy atom. The third-order valence-corrected chi connectivity index (χ3v) is 3.94. The van der Waals surface area contributed by atoms with Crippen LogP contribution in [0.5, 0.6) is 5.88 Å². The van der Waals surface area contributed by atoms with E-state index in [1.54, 1.807) is 24.6 Å². The molecule has 0 radical (unpaired) electrons. The van der Waals surface area contributed by atoms with Gasteiger partial charge >= 0.3 is 0 Å². The van der Waals surface area contributed by atoms with Crippen LogP contribution in [0.3, 0.4) is 0 Å². The van der Waals surface area contributed by atoms with E-state index in [-0.39, 0.29) is 0 Å². The standard InChI is InChI=1S/C11H13BrN4OS/c1-3-7-4-13-9(18-7)6-15-11-14-5-8(12)10(16-11)17-2/h4-5H,3,6H2,1-2H3,(H,14,15,16). The lowest BCUT2D eigenvalue weighted by Gasteiger charge is -2.05. The Morgan fingerprint density at radius 3 is 2.89 bits per heavy atom. The fourth-order valence-corrected chi connectivity index (χ4v) is 2.48. The summed E-state index contributed by atoms with van der Waals surface area (Å²) in [6, 6.07) is 0. The number of methoxy groups -OCH3 is 1. The van der Waals surface area contributed by atoms with Crippen LogP contribution in [0.25, 0.3) is 0 Å². The molecule has 2 aromatic rings. The van der Waals surface area contributed by atoms with Crippen LogP contribution in [0, 0.1) is 0 Å². The van der Waals surface area contributed by atoms with Crippen molar-refractivity contribution in [1.29, 1.82) is 0 Å². The summed E-state index contributed by atoms with van der Waals surface area (Å²) in [5, 5.41) is 4.15. The summed E-state index contributed by atoms with van der Waals surface area (Å²) in [6.45, 7) is 2.74. The van der Waals surface area contributed by atoms with Crippen molar-refractivity contribution in [2.24, 2.45) is 0 Å². The molecule has 0 aromatic carbocycles. The SMILES string of the molecule is CCc1cnc(CNc2ncc(Br)c(OC)n2)s1. The molecule has 0 aliphatic heterocycles. The fourth-order valence-electron chi connectivity index (χ4n) is 1.33. The number of nitrogens with one attached hydrogen (secondary N) is 1. The second-order valence-corrected chi connectivity index (χ2v) is 5.53. The lowest BCUT2D eigenvalue weighted by Crippen LogP contribution is -2.04. The molecule has 18 heavy (non-hydrogen) atoms. The molecule has 0 aliphatic carbocycles. The summed E-state index contributed by atoms with van der Waals surface area (Å²) in [6.07, 6.45) is 4.58. The molecule has 0 saturated heterocycles. The molecule has 2 aromatic heterocycles. The zero-order valence-electron chi connectivity index (χ0n) is 10.1. The summed E-state index contributed by atoms with van der Waals surface area (Å²) < 4.78 is 5.84. The molecule has 1 N–H and O–H groups in total. The number of aryl methyl sites for hydroxylation is 1. The van der Waals surface area contributed by atoms with Gasteiger partial charge in [0.15, 0.2) is 0 Å². The Hall–Kier alpha value is -1.21. The molecule has 2 rings (SSSR count). The molecule has 0 aliphatic rings. The zero-order chi connectivity index (χ0) is 13.0. The van der Waals surface area contributed by atoms with E-state index in [9.17, 15) is 0 Å². The van der Waals surface area contributed by atoms with Crippen LogP contribution in [-0.4, -0.2) is 22.1 Å². The lowest BCUT2D eigenvalue weighted by molar-refractivity contribution is 0.394. The molecule has 0 unspecified atom stereocenters. The van der Waals surface area contributed by atoms with Gasteiger partial charge in [-0.25, -0.2) is 9.97 Å². The van der Waals surface area contributed by atoms with Crippen LogP contribution >= 0.6 is 27.3 Å². The van der Waals surface area contributed by atoms with Gasteiger partial charge < -0.3 is 10.1 Å². The summed E-state index contributed by atoms with van der Waals surface area (Å²) >= 11 is 5.01. The van der Waals surface area contributed by atoms with E-state index in [1.165, 1.54) is 4.88 Å². The van der Waals surface area contributed by atoms with Gasteiger partial charge in [0.1, 0.15) is 5.01 Å². The van der Waals surface area contributed by atoms with Gasteiger partial charge in [-0.05, 0) is 22.4 Å². The van der Waals surface area contributed by atoms with Gasteiger partial charge in [0.05, 0.1) is 24.3 Å². The van der Waals surface area contributed by atoms with Crippen molar-refractivity contribution in [3.05, 3.63) is 26.8 Å². The highest BCUT2D eigenvalue weighted by Crippen LogP contribution is 2.22. The number of thiazole rings is 1. The van der Waals surface area contributed by atoms with Gasteiger partial charge in [-0.3, -0.25) is 0 Å². The van der Waals surface area contributed by atoms with Crippen LogP contribution in [-0.2, 0) is 13.0 Å². The number of hydrogen-bond donors (Lipinski definition) is 1. The van der Waals surface area contributed by atoms with Crippen molar-refractivity contribution >= 4 is 33.2 Å². The van der Waals surface area contributed by atoms with Crippen LogP contribution in [0.1, 0.15) is 16.8 Å². The molecule has 0 bridgehead atoms. The molecular formula is C11H13BrN4OS. The van der Waals surface area contributed by atoms with E-state index in [4.69, 9.17) is 4.74 Å². The predicted octanol–water partition coefficient (Wildman–Crippen LogP) is 2.88. The van der Waals surface area contributed by atoms with Crippen molar-refractivity contribution in [2.45, 2.75) is 19.9 Å². The first-order valence-electron chi connectivity index (χ1n) is 5.47. The van der Waals surface area contributed by atoms with Crippen molar-refractivity contribution in [1.82, 2.24) is 15.0 Å². The zero-order valence-corrected chi connectivity index (χ0v) is 12.5. The normalized spacial score (nSPS) is 10.4. The Kier molecular flexibility index (Phi) is 4.48. The number of hydrogen-bond acceptors (Lipinski definition) is 6. The smallest absolute Gasteiger partial charge is 0.232 e. The molecule has 0 fully saturated rings. The fraction of sp³-hybridized carbons (Fsp3) is 0.364. The quantitative estimate of drug-likeness (QED) is 0.914. The van der Waals surface area contributed by atoms with Crippen LogP contribution < -0.4 is 10.1 Å². The minimum absolute atomic E-state index is 0.515. The summed E-state index contributed by atoms with van der Waals surface area (Å²) in [7, 11) is 1.57. The van der Waals surface area contributed by atoms with Crippen molar-refractivity contribution < 1.29 is 4.74 Å². The van der Waals surface area contributed by atoms with E-state index in [1.807, 2.05) is 6.20 Å². The van der Waals surface area contributed by atoms with Crippen molar-refractivity contribution in [2.75, 3.05) is 12.4 Å². The maximum Gasteiger partial charge on any atom is 0.232 e. The Balaban J connectivity index is 2.01. The molecule has 7 heteroatoms. The summed E-state index contributed by atoms with van der Waals surface area (Å²) in [5.74, 6) is 1.05. The van der Waals surface area contributed by atoms with Crippen molar-refractivity contribution in [3.8, 4) is 5.88 Å². The molecule has 96 valence electrons. The van der Waals surface area contributed by atoms with Crippen LogP contribution in [0.2, 0.25) is 0 Å². The van der Waals surface area contributed by atoms with Crippen LogP contribution in [0.15, 0.2) is 16.9 Å². The second kappa shape index (κ2) is 6.10. The molecule has 0 atom stereocenters. The third kappa shape index (κ3) is 3.17. The van der Waals surface area contributed by atoms with Crippen molar-refractivity contribution in [3.63, 3.8) is 0 Å². The first kappa shape index (κ1) is 13.2. The minimum atomic E-state index is 0.515. The number of anilines is 1. The number of ether oxygens (including phenoxy) is 1. The number of rotatable bonds is 5. The van der Waals surface area contributed by atoms with E-state index in [2.05, 4.69) is 43.1 Å². The third-order valence-electron chi connectivity index (χ3n) is 2.25. The first-order valence-corrected chi connectivity index (χ1v) is 7.08. The van der Waals surface area contributed by atoms with Gasteiger partial charge in [0.2, 0.25) is 11.8 Å². The Bertz CT molecular complexity index is 532. The molecule has 0 spiro atoms. The second-order valence-electron chi connectivity index (χ2n) is 3.48. The Labute approximate surface area is 118 Å². The van der Waals surface area contributed by atoms with Gasteiger partial charge in [0.25, 0.3) is 0 Å².